The van der Waals surface area contributed by atoms with Gasteiger partial charge in [0.05, 0.1) is 7.11 Å². The first kappa shape index (κ1) is 13.5. The molecule has 6 heteroatoms. The number of carbonyl (C=O) groups is 1. The minimum atomic E-state index is -0.317. The van der Waals surface area contributed by atoms with Crippen LogP contribution in [0, 0.1) is 0 Å². The highest BCUT2D eigenvalue weighted by atomic mass is 32.2. The summed E-state index contributed by atoms with van der Waals surface area (Å²) in [5.41, 5.74) is 0.438. The van der Waals surface area contributed by atoms with E-state index >= 15 is 0 Å². The number of thioether (sulfide) groups is 1. The molecule has 17 heavy (non-hydrogen) atoms. The zero-order valence-electron chi connectivity index (χ0n) is 9.73. The summed E-state index contributed by atoms with van der Waals surface area (Å²) < 4.78 is 4.64. The zero-order chi connectivity index (χ0) is 12.7. The second-order valence-electron chi connectivity index (χ2n) is 3.12. The predicted octanol–water partition coefficient (Wildman–Crippen LogP) is 1.37. The number of nitrogens with one attached hydrogen (secondary N) is 1. The summed E-state index contributed by atoms with van der Waals surface area (Å²) in [4.78, 5) is 28.8. The molecule has 0 spiro atoms. The number of hydrogen-bond acceptors (Lipinski definition) is 5. The number of ether oxygens (including phenoxy) is 1. The standard InChI is InChI=1S/C11H14N2O3S/c1-3-8(10(15)16-2)5-7-17-11-12-6-4-9(14)13-11/h4-6H,3,7H2,1-2H3,(H,12,13,14). The van der Waals surface area contributed by atoms with Gasteiger partial charge in [0, 0.05) is 23.6 Å². The van der Waals surface area contributed by atoms with E-state index in [1.807, 2.05) is 6.92 Å². The van der Waals surface area contributed by atoms with E-state index < -0.39 is 0 Å². The van der Waals surface area contributed by atoms with Crippen LogP contribution in [0.4, 0.5) is 0 Å². The van der Waals surface area contributed by atoms with Gasteiger partial charge in [-0.05, 0) is 6.42 Å². The average molecular weight is 254 g/mol. The molecule has 0 unspecified atom stereocenters. The average Bonchev–Trinajstić information content (AvgIpc) is 2.34. The largest absolute Gasteiger partial charge is 0.466 e. The van der Waals surface area contributed by atoms with E-state index in [0.29, 0.717) is 22.9 Å². The molecule has 1 N–H and O–H groups in total. The Morgan fingerprint density at radius 1 is 1.65 bits per heavy atom. The van der Waals surface area contributed by atoms with E-state index in [2.05, 4.69) is 14.7 Å². The smallest absolute Gasteiger partial charge is 0.333 e. The van der Waals surface area contributed by atoms with Crippen LogP contribution < -0.4 is 5.56 Å². The molecule has 1 aromatic heterocycles. The van der Waals surface area contributed by atoms with E-state index in [1.165, 1.54) is 31.1 Å². The third-order valence-corrected chi connectivity index (χ3v) is 2.84. The molecule has 0 aliphatic carbocycles. The van der Waals surface area contributed by atoms with Crippen molar-refractivity contribution in [2.24, 2.45) is 0 Å². The van der Waals surface area contributed by atoms with Crippen molar-refractivity contribution in [2.45, 2.75) is 18.5 Å². The lowest BCUT2D eigenvalue weighted by Crippen LogP contribution is -2.06. The molecule has 5 nitrogen and oxygen atoms in total. The first-order valence-electron chi connectivity index (χ1n) is 5.12. The third kappa shape index (κ3) is 4.44. The molecule has 92 valence electrons. The molecule has 0 saturated carbocycles. The Hall–Kier alpha value is -1.56. The minimum absolute atomic E-state index is 0.185. The maximum Gasteiger partial charge on any atom is 0.333 e. The number of aromatic nitrogens is 2. The van der Waals surface area contributed by atoms with Gasteiger partial charge in [-0.25, -0.2) is 9.78 Å². The molecule has 0 radical (unpaired) electrons. The van der Waals surface area contributed by atoms with Gasteiger partial charge in [-0.2, -0.15) is 0 Å². The van der Waals surface area contributed by atoms with Gasteiger partial charge in [0.25, 0.3) is 5.56 Å². The van der Waals surface area contributed by atoms with Crippen molar-refractivity contribution < 1.29 is 9.53 Å². The Labute approximate surface area is 103 Å². The molecular weight excluding hydrogens is 240 g/mol. The molecule has 1 aromatic rings. The molecule has 0 aliphatic rings. The maximum atomic E-state index is 11.3. The minimum Gasteiger partial charge on any atom is -0.466 e. The summed E-state index contributed by atoms with van der Waals surface area (Å²) in [5, 5.41) is 0.536. The van der Waals surface area contributed by atoms with Crippen molar-refractivity contribution >= 4 is 17.7 Å². The number of hydrogen-bond donors (Lipinski definition) is 1. The Balaban J connectivity index is 2.59. The molecule has 0 saturated heterocycles. The Kier molecular flexibility index (Phi) is 5.48. The molecule has 0 amide bonds. The van der Waals surface area contributed by atoms with Crippen molar-refractivity contribution in [2.75, 3.05) is 12.9 Å². The number of aromatic amines is 1. The summed E-state index contributed by atoms with van der Waals surface area (Å²) in [5.74, 6) is 0.244. The second kappa shape index (κ2) is 6.90. The zero-order valence-corrected chi connectivity index (χ0v) is 10.5. The molecule has 1 heterocycles. The lowest BCUT2D eigenvalue weighted by atomic mass is 10.2. The van der Waals surface area contributed by atoms with Crippen LogP contribution in [0.2, 0.25) is 0 Å². The second-order valence-corrected chi connectivity index (χ2v) is 4.13. The number of H-pyrrole nitrogens is 1. The number of carbonyl (C=O) groups excluding carboxylic acids is 1. The third-order valence-electron chi connectivity index (χ3n) is 2.03. The van der Waals surface area contributed by atoms with Crippen molar-refractivity contribution in [1.29, 1.82) is 0 Å². The fourth-order valence-electron chi connectivity index (χ4n) is 1.15. The van der Waals surface area contributed by atoms with Crippen LogP contribution in [0.15, 0.2) is 33.9 Å². The summed E-state index contributed by atoms with van der Waals surface area (Å²) in [7, 11) is 1.36. The molecular formula is C11H14N2O3S. The van der Waals surface area contributed by atoms with E-state index in [4.69, 9.17) is 0 Å². The predicted molar refractivity (Wildman–Crippen MR) is 66.0 cm³/mol. The van der Waals surface area contributed by atoms with Crippen molar-refractivity contribution in [3.05, 3.63) is 34.3 Å². The SMILES string of the molecule is CCC(=CCSc1nccc(=O)[nH]1)C(=O)OC. The van der Waals surface area contributed by atoms with Crippen molar-refractivity contribution in [3.63, 3.8) is 0 Å². The van der Waals surface area contributed by atoms with Crippen molar-refractivity contribution in [1.82, 2.24) is 9.97 Å². The van der Waals surface area contributed by atoms with Gasteiger partial charge in [-0.15, -0.1) is 0 Å². The molecule has 1 rings (SSSR count). The monoisotopic (exact) mass is 254 g/mol. The van der Waals surface area contributed by atoms with Gasteiger partial charge in [0.2, 0.25) is 0 Å². The van der Waals surface area contributed by atoms with Crippen LogP contribution in [0.1, 0.15) is 13.3 Å². The van der Waals surface area contributed by atoms with Gasteiger partial charge in [0.1, 0.15) is 0 Å². The van der Waals surface area contributed by atoms with E-state index in [-0.39, 0.29) is 11.5 Å². The number of methoxy groups -OCH3 is 1. The normalized spacial score (nSPS) is 11.3. The topological polar surface area (TPSA) is 72.0 Å². The highest BCUT2D eigenvalue weighted by Crippen LogP contribution is 2.12. The van der Waals surface area contributed by atoms with Gasteiger partial charge in [-0.3, -0.25) is 4.79 Å². The van der Waals surface area contributed by atoms with Crippen LogP contribution >= 0.6 is 11.8 Å². The quantitative estimate of drug-likeness (QED) is 0.372. The lowest BCUT2D eigenvalue weighted by Gasteiger charge is -2.01. The Morgan fingerprint density at radius 2 is 2.41 bits per heavy atom. The van der Waals surface area contributed by atoms with Crippen LogP contribution in [0.5, 0.6) is 0 Å². The molecule has 0 aliphatic heterocycles. The number of esters is 1. The summed E-state index contributed by atoms with van der Waals surface area (Å²) in [6.07, 6.45) is 3.85. The summed E-state index contributed by atoms with van der Waals surface area (Å²) in [6.45, 7) is 1.88. The fraction of sp³-hybridized carbons (Fsp3) is 0.364. The van der Waals surface area contributed by atoms with Gasteiger partial charge >= 0.3 is 5.97 Å². The number of rotatable bonds is 5. The first-order chi connectivity index (χ1) is 8.17. The summed E-state index contributed by atoms with van der Waals surface area (Å²) in [6, 6.07) is 1.35. The van der Waals surface area contributed by atoms with Crippen LogP contribution in [0.25, 0.3) is 0 Å². The van der Waals surface area contributed by atoms with Gasteiger partial charge in [-0.1, -0.05) is 24.8 Å². The molecule has 0 bridgehead atoms. The van der Waals surface area contributed by atoms with Crippen LogP contribution in [-0.2, 0) is 9.53 Å². The highest BCUT2D eigenvalue weighted by molar-refractivity contribution is 7.99. The van der Waals surface area contributed by atoms with Crippen molar-refractivity contribution in [3.8, 4) is 0 Å². The fourth-order valence-corrected chi connectivity index (χ4v) is 1.90. The number of nitrogens with zero attached hydrogens (tertiary/aromatic N) is 1. The highest BCUT2D eigenvalue weighted by Gasteiger charge is 2.06. The lowest BCUT2D eigenvalue weighted by molar-refractivity contribution is -0.136. The molecule has 0 atom stereocenters. The first-order valence-corrected chi connectivity index (χ1v) is 6.11. The molecule has 0 fully saturated rings. The van der Waals surface area contributed by atoms with E-state index in [9.17, 15) is 9.59 Å². The van der Waals surface area contributed by atoms with Gasteiger partial charge in [0.15, 0.2) is 5.16 Å². The van der Waals surface area contributed by atoms with Gasteiger partial charge < -0.3 is 9.72 Å². The molecule has 0 aromatic carbocycles. The Bertz CT molecular complexity index is 468. The maximum absolute atomic E-state index is 11.3. The van der Waals surface area contributed by atoms with E-state index in [0.717, 1.165) is 0 Å². The van der Waals surface area contributed by atoms with Crippen LogP contribution in [0.3, 0.4) is 0 Å². The van der Waals surface area contributed by atoms with E-state index in [1.54, 1.807) is 6.08 Å². The Morgan fingerprint density at radius 3 is 3.00 bits per heavy atom. The summed E-state index contributed by atoms with van der Waals surface area (Å²) >= 11 is 1.36. The van der Waals surface area contributed by atoms with Crippen LogP contribution in [-0.4, -0.2) is 28.8 Å².